The maximum atomic E-state index is 11.8. The van der Waals surface area contributed by atoms with E-state index < -0.39 is 0 Å². The van der Waals surface area contributed by atoms with Crippen LogP contribution in [0.5, 0.6) is 5.75 Å². The molecule has 1 heterocycles. The monoisotopic (exact) mass is 316 g/mol. The molecular formula is C17H20N2O2S. The van der Waals surface area contributed by atoms with Gasteiger partial charge in [-0.05, 0) is 41.5 Å². The Labute approximate surface area is 134 Å². The second-order valence-corrected chi connectivity index (χ2v) is 6.27. The molecule has 0 spiro atoms. The topological polar surface area (TPSA) is 50.7 Å². The molecule has 1 aromatic heterocycles. The molecule has 0 aliphatic carbocycles. The first-order chi connectivity index (χ1) is 10.6. The van der Waals surface area contributed by atoms with Crippen molar-refractivity contribution in [3.8, 4) is 5.75 Å². The zero-order valence-corrected chi connectivity index (χ0v) is 13.8. The minimum Gasteiger partial charge on any atom is -0.483 e. The Balaban J connectivity index is 1.89. The number of amides is 1. The highest BCUT2D eigenvalue weighted by Crippen LogP contribution is 2.27. The fraction of sp³-hybridized carbons (Fsp3) is 0.294. The predicted octanol–water partition coefficient (Wildman–Crippen LogP) is 3.71. The zero-order chi connectivity index (χ0) is 15.9. The summed E-state index contributed by atoms with van der Waals surface area (Å²) in [5.74, 6) is 0.826. The number of thiophene rings is 1. The van der Waals surface area contributed by atoms with Gasteiger partial charge in [0, 0.05) is 4.88 Å². The van der Waals surface area contributed by atoms with Crippen LogP contribution in [-0.4, -0.2) is 18.7 Å². The van der Waals surface area contributed by atoms with Gasteiger partial charge in [0.15, 0.2) is 6.61 Å². The van der Waals surface area contributed by atoms with E-state index in [1.165, 1.54) is 0 Å². The summed E-state index contributed by atoms with van der Waals surface area (Å²) in [5, 5.41) is 5.86. The summed E-state index contributed by atoms with van der Waals surface area (Å²) in [6.07, 6.45) is 1.62. The van der Waals surface area contributed by atoms with Crippen LogP contribution >= 0.6 is 11.3 Å². The Morgan fingerprint density at radius 3 is 2.91 bits per heavy atom. The predicted molar refractivity (Wildman–Crippen MR) is 90.8 cm³/mol. The minimum absolute atomic E-state index is 0.0506. The summed E-state index contributed by atoms with van der Waals surface area (Å²) >= 11 is 1.56. The number of ether oxygens (including phenoxy) is 1. The fourth-order valence-corrected chi connectivity index (χ4v) is 2.54. The number of nitrogens with one attached hydrogen (secondary N) is 1. The Morgan fingerprint density at radius 1 is 1.41 bits per heavy atom. The summed E-state index contributed by atoms with van der Waals surface area (Å²) in [6.45, 7) is 6.15. The van der Waals surface area contributed by atoms with Crippen molar-refractivity contribution in [2.75, 3.05) is 6.61 Å². The molecule has 2 aromatic rings. The molecule has 0 fully saturated rings. The van der Waals surface area contributed by atoms with E-state index in [0.29, 0.717) is 5.92 Å². The molecule has 0 aliphatic rings. The molecule has 1 aromatic carbocycles. The van der Waals surface area contributed by atoms with Crippen molar-refractivity contribution < 1.29 is 9.53 Å². The van der Waals surface area contributed by atoms with Crippen molar-refractivity contribution in [1.82, 2.24) is 5.43 Å². The van der Waals surface area contributed by atoms with E-state index >= 15 is 0 Å². The van der Waals surface area contributed by atoms with E-state index in [9.17, 15) is 4.79 Å². The maximum absolute atomic E-state index is 11.8. The van der Waals surface area contributed by atoms with Gasteiger partial charge >= 0.3 is 0 Å². The van der Waals surface area contributed by atoms with E-state index in [1.54, 1.807) is 17.6 Å². The molecule has 116 valence electrons. The van der Waals surface area contributed by atoms with Crippen LogP contribution in [0.15, 0.2) is 40.8 Å². The lowest BCUT2D eigenvalue weighted by Crippen LogP contribution is -2.24. The highest BCUT2D eigenvalue weighted by atomic mass is 32.1. The van der Waals surface area contributed by atoms with Crippen LogP contribution in [-0.2, 0) is 4.79 Å². The summed E-state index contributed by atoms with van der Waals surface area (Å²) in [6, 6.07) is 9.91. The molecule has 0 unspecified atom stereocenters. The molecule has 0 radical (unpaired) electrons. The van der Waals surface area contributed by atoms with Crippen molar-refractivity contribution in [3.05, 3.63) is 51.7 Å². The zero-order valence-electron chi connectivity index (χ0n) is 13.0. The Hall–Kier alpha value is -2.14. The lowest BCUT2D eigenvalue weighted by molar-refractivity contribution is -0.123. The number of carbonyl (C=O) groups is 1. The van der Waals surface area contributed by atoms with Crippen molar-refractivity contribution in [3.63, 3.8) is 0 Å². The number of nitrogens with zero attached hydrogens (tertiary/aromatic N) is 1. The van der Waals surface area contributed by atoms with Gasteiger partial charge in [0.2, 0.25) is 0 Å². The van der Waals surface area contributed by atoms with Crippen LogP contribution in [0.1, 0.15) is 35.8 Å². The van der Waals surface area contributed by atoms with E-state index in [-0.39, 0.29) is 12.5 Å². The second-order valence-electron chi connectivity index (χ2n) is 5.29. The van der Waals surface area contributed by atoms with Crippen LogP contribution in [0.3, 0.4) is 0 Å². The molecule has 0 atom stereocenters. The summed E-state index contributed by atoms with van der Waals surface area (Å²) < 4.78 is 5.65. The number of hydrogen-bond acceptors (Lipinski definition) is 4. The first-order valence-electron chi connectivity index (χ1n) is 7.15. The molecule has 0 aliphatic heterocycles. The van der Waals surface area contributed by atoms with E-state index in [1.807, 2.05) is 42.6 Å². The van der Waals surface area contributed by atoms with Crippen molar-refractivity contribution in [2.24, 2.45) is 5.10 Å². The summed E-state index contributed by atoms with van der Waals surface area (Å²) in [4.78, 5) is 12.8. The minimum atomic E-state index is -0.274. The van der Waals surface area contributed by atoms with Gasteiger partial charge in [-0.15, -0.1) is 11.3 Å². The summed E-state index contributed by atoms with van der Waals surface area (Å²) in [7, 11) is 0. The normalized spacial score (nSPS) is 11.1. The largest absolute Gasteiger partial charge is 0.483 e. The first-order valence-corrected chi connectivity index (χ1v) is 8.03. The van der Waals surface area contributed by atoms with Crippen LogP contribution < -0.4 is 10.2 Å². The molecular weight excluding hydrogens is 296 g/mol. The van der Waals surface area contributed by atoms with Crippen molar-refractivity contribution >= 4 is 23.5 Å². The molecule has 1 amide bonds. The van der Waals surface area contributed by atoms with Crippen LogP contribution in [0.25, 0.3) is 0 Å². The van der Waals surface area contributed by atoms with Gasteiger partial charge in [0.05, 0.1) is 6.21 Å². The quantitative estimate of drug-likeness (QED) is 0.652. The van der Waals surface area contributed by atoms with Crippen molar-refractivity contribution in [2.45, 2.75) is 26.7 Å². The third kappa shape index (κ3) is 4.70. The first kappa shape index (κ1) is 16.2. The van der Waals surface area contributed by atoms with Crippen LogP contribution in [0.4, 0.5) is 0 Å². The Kier molecular flexibility index (Phi) is 5.72. The third-order valence-corrected chi connectivity index (χ3v) is 3.88. The molecule has 4 nitrogen and oxygen atoms in total. The van der Waals surface area contributed by atoms with E-state index in [4.69, 9.17) is 4.74 Å². The highest BCUT2D eigenvalue weighted by molar-refractivity contribution is 7.11. The molecule has 0 bridgehead atoms. The number of aryl methyl sites for hydroxylation is 1. The van der Waals surface area contributed by atoms with Gasteiger partial charge in [-0.25, -0.2) is 5.43 Å². The molecule has 22 heavy (non-hydrogen) atoms. The third-order valence-electron chi connectivity index (χ3n) is 3.07. The molecule has 0 saturated heterocycles. The van der Waals surface area contributed by atoms with E-state index in [0.717, 1.165) is 21.8 Å². The smallest absolute Gasteiger partial charge is 0.277 e. The standard InChI is InChI=1S/C17H20N2O2S/c1-12(2)15-7-6-13(3)9-16(15)21-11-17(20)19-18-10-14-5-4-8-22-14/h4-10,12H,11H2,1-3H3,(H,19,20). The fourth-order valence-electron chi connectivity index (χ4n) is 1.95. The Bertz CT molecular complexity index is 649. The molecule has 5 heteroatoms. The number of benzene rings is 1. The average Bonchev–Trinajstić information content (AvgIpc) is 2.98. The van der Waals surface area contributed by atoms with Gasteiger partial charge in [0.25, 0.3) is 5.91 Å². The van der Waals surface area contributed by atoms with Crippen LogP contribution in [0, 0.1) is 6.92 Å². The van der Waals surface area contributed by atoms with Gasteiger partial charge in [-0.1, -0.05) is 32.0 Å². The van der Waals surface area contributed by atoms with Crippen molar-refractivity contribution in [1.29, 1.82) is 0 Å². The molecule has 0 saturated carbocycles. The number of rotatable bonds is 6. The number of hydrogen-bond donors (Lipinski definition) is 1. The average molecular weight is 316 g/mol. The molecule has 2 rings (SSSR count). The van der Waals surface area contributed by atoms with Gasteiger partial charge in [-0.2, -0.15) is 5.10 Å². The lowest BCUT2D eigenvalue weighted by Gasteiger charge is -2.14. The maximum Gasteiger partial charge on any atom is 0.277 e. The highest BCUT2D eigenvalue weighted by Gasteiger charge is 2.09. The number of carbonyl (C=O) groups excluding carboxylic acids is 1. The lowest BCUT2D eigenvalue weighted by atomic mass is 10.0. The SMILES string of the molecule is Cc1ccc(C(C)C)c(OCC(=O)NN=Cc2cccs2)c1. The second kappa shape index (κ2) is 7.75. The molecule has 1 N–H and O–H groups in total. The van der Waals surface area contributed by atoms with E-state index in [2.05, 4.69) is 24.4 Å². The number of hydrazone groups is 1. The van der Waals surface area contributed by atoms with Gasteiger partial charge < -0.3 is 4.74 Å². The van der Waals surface area contributed by atoms with Gasteiger partial charge in [0.1, 0.15) is 5.75 Å². The Morgan fingerprint density at radius 2 is 2.23 bits per heavy atom. The van der Waals surface area contributed by atoms with Crippen LogP contribution in [0.2, 0.25) is 0 Å². The summed E-state index contributed by atoms with van der Waals surface area (Å²) in [5.41, 5.74) is 4.67. The van der Waals surface area contributed by atoms with Gasteiger partial charge in [-0.3, -0.25) is 4.79 Å².